The second-order valence-corrected chi connectivity index (χ2v) is 7.98. The number of hydrogen-bond donors (Lipinski definition) is 1. The first-order valence-corrected chi connectivity index (χ1v) is 8.46. The molecule has 2 unspecified atom stereocenters. The van der Waals surface area contributed by atoms with Crippen molar-refractivity contribution in [3.8, 4) is 0 Å². The van der Waals surface area contributed by atoms with Gasteiger partial charge in [0.15, 0.2) is 0 Å². The van der Waals surface area contributed by atoms with Crippen molar-refractivity contribution in [1.29, 1.82) is 0 Å². The van der Waals surface area contributed by atoms with Gasteiger partial charge in [-0.1, -0.05) is 56.1 Å². The maximum Gasteiger partial charge on any atom is 0.0640 e. The highest BCUT2D eigenvalue weighted by Crippen LogP contribution is 2.34. The molecule has 118 valence electrons. The van der Waals surface area contributed by atoms with Gasteiger partial charge in [-0.25, -0.2) is 0 Å². The van der Waals surface area contributed by atoms with E-state index in [9.17, 15) is 0 Å². The van der Waals surface area contributed by atoms with Crippen molar-refractivity contribution >= 4 is 23.2 Å². The van der Waals surface area contributed by atoms with Gasteiger partial charge in [-0.15, -0.1) is 0 Å². The molecule has 2 atom stereocenters. The average Bonchev–Trinajstić information content (AvgIpc) is 2.88. The lowest BCUT2D eigenvalue weighted by Gasteiger charge is -2.27. The summed E-state index contributed by atoms with van der Waals surface area (Å²) in [7, 11) is 0. The fourth-order valence-corrected chi connectivity index (χ4v) is 3.47. The van der Waals surface area contributed by atoms with Crippen LogP contribution in [0.1, 0.15) is 45.2 Å². The second-order valence-electron chi connectivity index (χ2n) is 7.19. The summed E-state index contributed by atoms with van der Waals surface area (Å²) in [4.78, 5) is 2.52. The number of nitrogens with zero attached hydrogens (tertiary/aromatic N) is 1. The van der Waals surface area contributed by atoms with Crippen LogP contribution in [0.2, 0.25) is 10.0 Å². The Bertz CT molecular complexity index is 482. The van der Waals surface area contributed by atoms with Gasteiger partial charge in [-0.2, -0.15) is 0 Å². The van der Waals surface area contributed by atoms with Crippen molar-refractivity contribution in [2.45, 2.75) is 39.7 Å². The van der Waals surface area contributed by atoms with E-state index in [-0.39, 0.29) is 6.04 Å². The van der Waals surface area contributed by atoms with Crippen molar-refractivity contribution in [3.63, 3.8) is 0 Å². The third-order valence-electron chi connectivity index (χ3n) is 4.63. The van der Waals surface area contributed by atoms with E-state index in [0.29, 0.717) is 15.5 Å². The molecular weight excluding hydrogens is 303 g/mol. The van der Waals surface area contributed by atoms with Crippen LogP contribution in [0.15, 0.2) is 18.2 Å². The first-order valence-electron chi connectivity index (χ1n) is 7.71. The molecule has 4 heteroatoms. The van der Waals surface area contributed by atoms with E-state index in [1.807, 2.05) is 12.1 Å². The van der Waals surface area contributed by atoms with E-state index in [1.165, 1.54) is 19.5 Å². The molecule has 0 saturated carbocycles. The normalized spacial score (nSPS) is 21.7. The smallest absolute Gasteiger partial charge is 0.0640 e. The van der Waals surface area contributed by atoms with E-state index < -0.39 is 0 Å². The van der Waals surface area contributed by atoms with Gasteiger partial charge >= 0.3 is 0 Å². The SMILES string of the molecule is CC(C)(C)C1CCN(CCC(N)c2cccc(Cl)c2Cl)C1. The standard InChI is InChI=1S/C17H26Cl2N2/c1-17(2,3)12-7-9-21(11-12)10-8-15(20)13-5-4-6-14(18)16(13)19/h4-6,12,15H,7-11,20H2,1-3H3. The van der Waals surface area contributed by atoms with Crippen LogP contribution in [0.5, 0.6) is 0 Å². The molecule has 2 N–H and O–H groups in total. The van der Waals surface area contributed by atoms with Crippen molar-refractivity contribution in [2.75, 3.05) is 19.6 Å². The monoisotopic (exact) mass is 328 g/mol. The molecule has 1 aliphatic heterocycles. The van der Waals surface area contributed by atoms with Gasteiger partial charge in [-0.05, 0) is 48.9 Å². The Hall–Kier alpha value is -0.280. The summed E-state index contributed by atoms with van der Waals surface area (Å²) in [5.74, 6) is 0.781. The van der Waals surface area contributed by atoms with Crippen LogP contribution < -0.4 is 5.73 Å². The Morgan fingerprint density at radius 2 is 2.05 bits per heavy atom. The zero-order chi connectivity index (χ0) is 15.6. The summed E-state index contributed by atoms with van der Waals surface area (Å²) in [6.07, 6.45) is 2.20. The van der Waals surface area contributed by atoms with Crippen molar-refractivity contribution in [3.05, 3.63) is 33.8 Å². The van der Waals surface area contributed by atoms with Gasteiger partial charge in [0, 0.05) is 12.6 Å². The first kappa shape index (κ1) is 17.1. The molecule has 1 heterocycles. The molecule has 1 aromatic rings. The second kappa shape index (κ2) is 6.87. The van der Waals surface area contributed by atoms with Crippen LogP contribution in [-0.4, -0.2) is 24.5 Å². The molecule has 0 bridgehead atoms. The van der Waals surface area contributed by atoms with Gasteiger partial charge in [0.05, 0.1) is 10.0 Å². The summed E-state index contributed by atoms with van der Waals surface area (Å²) >= 11 is 12.3. The summed E-state index contributed by atoms with van der Waals surface area (Å²) in [5.41, 5.74) is 7.64. The van der Waals surface area contributed by atoms with E-state index in [0.717, 1.165) is 24.4 Å². The van der Waals surface area contributed by atoms with E-state index in [2.05, 4.69) is 25.7 Å². The molecule has 0 aromatic heterocycles. The molecule has 2 nitrogen and oxygen atoms in total. The Morgan fingerprint density at radius 3 is 2.67 bits per heavy atom. The molecule has 0 aliphatic carbocycles. The minimum atomic E-state index is -0.0510. The van der Waals surface area contributed by atoms with Gasteiger partial charge in [0.1, 0.15) is 0 Å². The largest absolute Gasteiger partial charge is 0.324 e. The fraction of sp³-hybridized carbons (Fsp3) is 0.647. The number of benzene rings is 1. The van der Waals surface area contributed by atoms with Crippen LogP contribution in [0.3, 0.4) is 0 Å². The molecule has 21 heavy (non-hydrogen) atoms. The first-order chi connectivity index (χ1) is 9.79. The van der Waals surface area contributed by atoms with Crippen LogP contribution in [0.25, 0.3) is 0 Å². The van der Waals surface area contributed by atoms with Gasteiger partial charge < -0.3 is 10.6 Å². The molecule has 0 radical (unpaired) electrons. The molecule has 0 amide bonds. The molecule has 1 fully saturated rings. The Labute approximate surface area is 138 Å². The molecule has 1 aromatic carbocycles. The van der Waals surface area contributed by atoms with E-state index >= 15 is 0 Å². The zero-order valence-corrected chi connectivity index (χ0v) is 14.7. The minimum Gasteiger partial charge on any atom is -0.324 e. The third-order valence-corrected chi connectivity index (χ3v) is 5.47. The Morgan fingerprint density at radius 1 is 1.33 bits per heavy atom. The molecule has 2 rings (SSSR count). The van der Waals surface area contributed by atoms with Crippen LogP contribution in [0, 0.1) is 11.3 Å². The predicted octanol–water partition coefficient (Wildman–Crippen LogP) is 4.75. The van der Waals surface area contributed by atoms with Crippen LogP contribution in [0.4, 0.5) is 0 Å². The van der Waals surface area contributed by atoms with Crippen molar-refractivity contribution in [2.24, 2.45) is 17.1 Å². The summed E-state index contributed by atoms with van der Waals surface area (Å²) in [6, 6.07) is 5.63. The fourth-order valence-electron chi connectivity index (χ4n) is 3.03. The zero-order valence-electron chi connectivity index (χ0n) is 13.2. The van der Waals surface area contributed by atoms with E-state index in [1.54, 1.807) is 6.07 Å². The lowest BCUT2D eigenvalue weighted by molar-refractivity contribution is 0.226. The summed E-state index contributed by atoms with van der Waals surface area (Å²) in [6.45, 7) is 10.4. The average molecular weight is 329 g/mol. The summed E-state index contributed by atoms with van der Waals surface area (Å²) < 4.78 is 0. The van der Waals surface area contributed by atoms with Crippen molar-refractivity contribution in [1.82, 2.24) is 4.90 Å². The van der Waals surface area contributed by atoms with Gasteiger partial charge in [0.2, 0.25) is 0 Å². The topological polar surface area (TPSA) is 29.3 Å². The Balaban J connectivity index is 1.88. The third kappa shape index (κ3) is 4.35. The molecular formula is C17H26Cl2N2. The highest BCUT2D eigenvalue weighted by Gasteiger charge is 2.31. The van der Waals surface area contributed by atoms with Crippen LogP contribution in [-0.2, 0) is 0 Å². The molecule has 1 aliphatic rings. The lowest BCUT2D eigenvalue weighted by atomic mass is 9.80. The number of halogens is 2. The molecule has 0 spiro atoms. The summed E-state index contributed by atoms with van der Waals surface area (Å²) in [5, 5.41) is 1.18. The highest BCUT2D eigenvalue weighted by molar-refractivity contribution is 6.42. The quantitative estimate of drug-likeness (QED) is 0.863. The van der Waals surface area contributed by atoms with Gasteiger partial charge in [0.25, 0.3) is 0 Å². The predicted molar refractivity (Wildman–Crippen MR) is 92.0 cm³/mol. The number of rotatable bonds is 4. The molecule has 1 saturated heterocycles. The van der Waals surface area contributed by atoms with Gasteiger partial charge in [-0.3, -0.25) is 0 Å². The highest BCUT2D eigenvalue weighted by atomic mass is 35.5. The Kier molecular flexibility index (Phi) is 5.59. The number of likely N-dealkylation sites (tertiary alicyclic amines) is 1. The maximum atomic E-state index is 6.29. The van der Waals surface area contributed by atoms with Crippen molar-refractivity contribution < 1.29 is 0 Å². The minimum absolute atomic E-state index is 0.0510. The maximum absolute atomic E-state index is 6.29. The van der Waals surface area contributed by atoms with Crippen LogP contribution >= 0.6 is 23.2 Å². The lowest BCUT2D eigenvalue weighted by Crippen LogP contribution is -2.28. The van der Waals surface area contributed by atoms with E-state index in [4.69, 9.17) is 28.9 Å². The number of hydrogen-bond acceptors (Lipinski definition) is 2. The number of nitrogens with two attached hydrogens (primary N) is 1.